The minimum absolute atomic E-state index is 0.0277. The maximum absolute atomic E-state index is 13.7. The fourth-order valence-corrected chi connectivity index (χ4v) is 1.52. The number of halogens is 1. The molecule has 0 aliphatic rings. The van der Waals surface area contributed by atoms with Crippen LogP contribution in [0.15, 0.2) is 18.2 Å². The quantitative estimate of drug-likeness (QED) is 0.790. The Labute approximate surface area is 106 Å². The summed E-state index contributed by atoms with van der Waals surface area (Å²) in [7, 11) is 0. The van der Waals surface area contributed by atoms with Crippen molar-refractivity contribution in [1.82, 2.24) is 0 Å². The Morgan fingerprint density at radius 2 is 2.17 bits per heavy atom. The number of hydrogen-bond acceptors (Lipinski definition) is 4. The number of esters is 1. The lowest BCUT2D eigenvalue weighted by Gasteiger charge is -2.18. The van der Waals surface area contributed by atoms with Crippen LogP contribution in [0.2, 0.25) is 0 Å². The first-order valence-electron chi connectivity index (χ1n) is 5.94. The molecule has 5 heteroatoms. The van der Waals surface area contributed by atoms with Gasteiger partial charge < -0.3 is 15.2 Å². The summed E-state index contributed by atoms with van der Waals surface area (Å²) >= 11 is 0. The Bertz CT molecular complexity index is 409. The normalized spacial score (nSPS) is 12.0. The van der Waals surface area contributed by atoms with Crippen LogP contribution in [0.5, 0.6) is 5.75 Å². The van der Waals surface area contributed by atoms with Crippen LogP contribution >= 0.6 is 0 Å². The maximum atomic E-state index is 13.7. The summed E-state index contributed by atoms with van der Waals surface area (Å²) in [5, 5.41) is 0. The van der Waals surface area contributed by atoms with Gasteiger partial charge in [0.25, 0.3) is 0 Å². The second-order valence-corrected chi connectivity index (χ2v) is 3.70. The van der Waals surface area contributed by atoms with E-state index in [9.17, 15) is 9.18 Å². The number of carbonyl (C=O) groups excluding carboxylic acids is 1. The number of carbonyl (C=O) groups is 1. The van der Waals surface area contributed by atoms with Crippen molar-refractivity contribution in [3.63, 3.8) is 0 Å². The molecule has 0 bridgehead atoms. The van der Waals surface area contributed by atoms with E-state index in [2.05, 4.69) is 0 Å². The first kappa shape index (κ1) is 14.4. The number of ether oxygens (including phenoxy) is 2. The number of hydrogen-bond donors (Lipinski definition) is 1. The van der Waals surface area contributed by atoms with Gasteiger partial charge in [0.05, 0.1) is 6.61 Å². The molecule has 0 fully saturated rings. The molecule has 0 aliphatic heterocycles. The fraction of sp³-hybridized carbons (Fsp3) is 0.462. The van der Waals surface area contributed by atoms with E-state index < -0.39 is 17.9 Å². The molecule has 4 nitrogen and oxygen atoms in total. The van der Waals surface area contributed by atoms with Crippen LogP contribution in [-0.4, -0.2) is 18.7 Å². The lowest BCUT2D eigenvalue weighted by molar-refractivity contribution is -0.151. The first-order chi connectivity index (χ1) is 8.63. The molecule has 2 N–H and O–H groups in total. The van der Waals surface area contributed by atoms with Crippen molar-refractivity contribution in [3.05, 3.63) is 29.6 Å². The van der Waals surface area contributed by atoms with E-state index in [-0.39, 0.29) is 18.9 Å². The van der Waals surface area contributed by atoms with E-state index in [1.165, 1.54) is 6.07 Å². The van der Waals surface area contributed by atoms with Crippen LogP contribution in [0, 0.1) is 5.82 Å². The standard InChI is InChI=1S/C13H18FNO3/c1-3-11(13(16)17-4-2)18-12-9(8-15)6-5-7-10(12)14/h5-7,11H,3-4,8,15H2,1-2H3. The van der Waals surface area contributed by atoms with Gasteiger partial charge in [-0.2, -0.15) is 0 Å². The lowest BCUT2D eigenvalue weighted by atomic mass is 10.2. The third kappa shape index (κ3) is 3.43. The molecule has 0 heterocycles. The number of benzene rings is 1. The number of rotatable bonds is 6. The van der Waals surface area contributed by atoms with Crippen molar-refractivity contribution >= 4 is 5.97 Å². The summed E-state index contributed by atoms with van der Waals surface area (Å²) in [6, 6.07) is 4.48. The van der Waals surface area contributed by atoms with Crippen LogP contribution in [0.4, 0.5) is 4.39 Å². The van der Waals surface area contributed by atoms with E-state index >= 15 is 0 Å². The zero-order chi connectivity index (χ0) is 13.5. The predicted octanol–water partition coefficient (Wildman–Crippen LogP) is 2.00. The Balaban J connectivity index is 2.91. The van der Waals surface area contributed by atoms with Crippen molar-refractivity contribution in [2.75, 3.05) is 6.61 Å². The van der Waals surface area contributed by atoms with Gasteiger partial charge in [-0.05, 0) is 19.4 Å². The summed E-state index contributed by atoms with van der Waals surface area (Å²) in [5.41, 5.74) is 6.03. The molecule has 1 aromatic rings. The molecule has 1 rings (SSSR count). The van der Waals surface area contributed by atoms with E-state index in [4.69, 9.17) is 15.2 Å². The van der Waals surface area contributed by atoms with Crippen LogP contribution in [0.1, 0.15) is 25.8 Å². The monoisotopic (exact) mass is 255 g/mol. The second kappa shape index (κ2) is 6.96. The molecule has 0 spiro atoms. The topological polar surface area (TPSA) is 61.5 Å². The Morgan fingerprint density at radius 1 is 1.44 bits per heavy atom. The van der Waals surface area contributed by atoms with Gasteiger partial charge in [-0.15, -0.1) is 0 Å². The van der Waals surface area contributed by atoms with Gasteiger partial charge in [0, 0.05) is 12.1 Å². The van der Waals surface area contributed by atoms with Gasteiger partial charge in [-0.3, -0.25) is 0 Å². The van der Waals surface area contributed by atoms with Gasteiger partial charge in [0.1, 0.15) is 0 Å². The fourth-order valence-electron chi connectivity index (χ4n) is 1.52. The molecule has 0 aliphatic carbocycles. The van der Waals surface area contributed by atoms with E-state index in [1.54, 1.807) is 26.0 Å². The summed E-state index contributed by atoms with van der Waals surface area (Å²) < 4.78 is 23.9. The molecule has 0 saturated carbocycles. The zero-order valence-electron chi connectivity index (χ0n) is 10.6. The predicted molar refractivity (Wildman–Crippen MR) is 65.6 cm³/mol. The summed E-state index contributed by atoms with van der Waals surface area (Å²) in [6.45, 7) is 3.88. The van der Waals surface area contributed by atoms with Crippen LogP contribution in [0.25, 0.3) is 0 Å². The Morgan fingerprint density at radius 3 is 2.72 bits per heavy atom. The Kier molecular flexibility index (Phi) is 5.58. The van der Waals surface area contributed by atoms with E-state index in [0.29, 0.717) is 12.0 Å². The molecule has 18 heavy (non-hydrogen) atoms. The molecule has 100 valence electrons. The maximum Gasteiger partial charge on any atom is 0.347 e. The smallest absolute Gasteiger partial charge is 0.347 e. The highest BCUT2D eigenvalue weighted by Crippen LogP contribution is 2.24. The highest BCUT2D eigenvalue weighted by molar-refractivity contribution is 5.75. The van der Waals surface area contributed by atoms with Crippen LogP contribution in [0.3, 0.4) is 0 Å². The average molecular weight is 255 g/mol. The molecular formula is C13H18FNO3. The highest BCUT2D eigenvalue weighted by Gasteiger charge is 2.22. The molecule has 1 aromatic carbocycles. The van der Waals surface area contributed by atoms with E-state index in [1.807, 2.05) is 0 Å². The minimum Gasteiger partial charge on any atom is -0.475 e. The van der Waals surface area contributed by atoms with Gasteiger partial charge in [-0.1, -0.05) is 19.1 Å². The minimum atomic E-state index is -0.813. The second-order valence-electron chi connectivity index (χ2n) is 3.70. The molecule has 0 amide bonds. The molecule has 0 saturated heterocycles. The summed E-state index contributed by atoms with van der Waals surface area (Å²) in [5.74, 6) is -0.994. The van der Waals surface area contributed by atoms with Gasteiger partial charge in [0.15, 0.2) is 17.7 Å². The largest absolute Gasteiger partial charge is 0.475 e. The third-order valence-corrected chi connectivity index (χ3v) is 2.45. The van der Waals surface area contributed by atoms with Crippen molar-refractivity contribution < 1.29 is 18.7 Å². The zero-order valence-corrected chi connectivity index (χ0v) is 10.6. The van der Waals surface area contributed by atoms with Crippen molar-refractivity contribution in [2.24, 2.45) is 5.73 Å². The molecule has 0 radical (unpaired) electrons. The number of nitrogens with two attached hydrogens (primary N) is 1. The van der Waals surface area contributed by atoms with Crippen molar-refractivity contribution in [1.29, 1.82) is 0 Å². The Hall–Kier alpha value is -1.62. The SMILES string of the molecule is CCOC(=O)C(CC)Oc1c(F)cccc1CN. The molecular weight excluding hydrogens is 237 g/mol. The van der Waals surface area contributed by atoms with Crippen LogP contribution in [-0.2, 0) is 16.1 Å². The molecule has 1 atom stereocenters. The first-order valence-corrected chi connectivity index (χ1v) is 5.94. The van der Waals surface area contributed by atoms with Crippen LogP contribution < -0.4 is 10.5 Å². The summed E-state index contributed by atoms with van der Waals surface area (Å²) in [4.78, 5) is 11.6. The lowest BCUT2D eigenvalue weighted by Crippen LogP contribution is -2.29. The third-order valence-electron chi connectivity index (χ3n) is 2.45. The van der Waals surface area contributed by atoms with Crippen molar-refractivity contribution in [2.45, 2.75) is 32.9 Å². The molecule has 1 unspecified atom stereocenters. The highest BCUT2D eigenvalue weighted by atomic mass is 19.1. The molecule has 0 aromatic heterocycles. The van der Waals surface area contributed by atoms with Crippen molar-refractivity contribution in [3.8, 4) is 5.75 Å². The summed E-state index contributed by atoms with van der Waals surface area (Å²) in [6.07, 6.45) is -0.413. The van der Waals surface area contributed by atoms with Gasteiger partial charge in [-0.25, -0.2) is 9.18 Å². The van der Waals surface area contributed by atoms with Gasteiger partial charge >= 0.3 is 5.97 Å². The van der Waals surface area contributed by atoms with E-state index in [0.717, 1.165) is 0 Å². The van der Waals surface area contributed by atoms with Gasteiger partial charge in [0.2, 0.25) is 0 Å². The average Bonchev–Trinajstić information content (AvgIpc) is 2.37. The number of para-hydroxylation sites is 1.